The summed E-state index contributed by atoms with van der Waals surface area (Å²) < 4.78 is 56.6. The van der Waals surface area contributed by atoms with E-state index in [1.807, 2.05) is 13.8 Å². The van der Waals surface area contributed by atoms with Gasteiger partial charge in [-0.3, -0.25) is 4.79 Å². The Kier molecular flexibility index (Phi) is 6.85. The Hall–Kier alpha value is -2.27. The summed E-state index contributed by atoms with van der Waals surface area (Å²) in [4.78, 5) is 12.7. The van der Waals surface area contributed by atoms with Crippen LogP contribution < -0.4 is 5.32 Å². The molecular weight excluding hydrogens is 440 g/mol. The van der Waals surface area contributed by atoms with Crippen LogP contribution in [0.4, 0.5) is 5.69 Å². The number of carbonyl (C=O) groups excluding carboxylic acids is 1. The summed E-state index contributed by atoms with van der Waals surface area (Å²) in [6, 6.07) is 11.6. The Bertz CT molecular complexity index is 1130. The number of anilines is 1. The average molecular weight is 467 g/mol. The van der Waals surface area contributed by atoms with Crippen molar-refractivity contribution in [2.24, 2.45) is 0 Å². The first kappa shape index (κ1) is 23.4. The predicted molar refractivity (Wildman–Crippen MR) is 117 cm³/mol. The molecular formula is C21H26N2O6S2. The Balaban J connectivity index is 1.71. The van der Waals surface area contributed by atoms with Gasteiger partial charge in [0.05, 0.1) is 27.8 Å². The standard InChI is InChI=1S/C21H26N2O6S2/c1-4-30(25,26)19-9-5-17(6-10-19)21(24)22-18-7-11-20(12-8-18)31(27,28)23-13-15(2)29-16(3)14-23/h5-12,15-16H,4,13-14H2,1-3H3,(H,22,24). The first-order valence-corrected chi connectivity index (χ1v) is 13.0. The molecule has 10 heteroatoms. The van der Waals surface area contributed by atoms with Gasteiger partial charge in [-0.25, -0.2) is 16.8 Å². The Morgan fingerprint density at radius 2 is 1.45 bits per heavy atom. The molecule has 168 valence electrons. The third kappa shape index (κ3) is 5.32. The Morgan fingerprint density at radius 3 is 1.97 bits per heavy atom. The van der Waals surface area contributed by atoms with E-state index in [4.69, 9.17) is 4.74 Å². The fraction of sp³-hybridized carbons (Fsp3) is 0.381. The highest BCUT2D eigenvalue weighted by Crippen LogP contribution is 2.23. The van der Waals surface area contributed by atoms with Gasteiger partial charge in [-0.2, -0.15) is 4.31 Å². The van der Waals surface area contributed by atoms with Gasteiger partial charge in [0.1, 0.15) is 0 Å². The Morgan fingerprint density at radius 1 is 0.935 bits per heavy atom. The van der Waals surface area contributed by atoms with Crippen molar-refractivity contribution >= 4 is 31.5 Å². The van der Waals surface area contributed by atoms with Gasteiger partial charge < -0.3 is 10.1 Å². The van der Waals surface area contributed by atoms with Crippen molar-refractivity contribution in [2.75, 3.05) is 24.2 Å². The van der Waals surface area contributed by atoms with Crippen molar-refractivity contribution in [3.05, 3.63) is 54.1 Å². The maximum absolute atomic E-state index is 12.9. The number of ether oxygens (including phenoxy) is 1. The molecule has 1 aliphatic rings. The molecule has 2 atom stereocenters. The van der Waals surface area contributed by atoms with Gasteiger partial charge in [0.15, 0.2) is 9.84 Å². The summed E-state index contributed by atoms with van der Waals surface area (Å²) >= 11 is 0. The van der Waals surface area contributed by atoms with E-state index in [9.17, 15) is 21.6 Å². The van der Waals surface area contributed by atoms with E-state index in [1.54, 1.807) is 6.92 Å². The van der Waals surface area contributed by atoms with Crippen LogP contribution in [0, 0.1) is 0 Å². The number of nitrogens with zero attached hydrogens (tertiary/aromatic N) is 1. The van der Waals surface area contributed by atoms with Crippen LogP contribution in [0.1, 0.15) is 31.1 Å². The summed E-state index contributed by atoms with van der Waals surface area (Å²) in [7, 11) is -7.00. The normalized spacial score (nSPS) is 20.4. The molecule has 31 heavy (non-hydrogen) atoms. The number of nitrogens with one attached hydrogen (secondary N) is 1. The van der Waals surface area contributed by atoms with Crippen LogP contribution in [0.25, 0.3) is 0 Å². The number of hydrogen-bond acceptors (Lipinski definition) is 6. The summed E-state index contributed by atoms with van der Waals surface area (Å²) in [5.74, 6) is -0.442. The molecule has 0 spiro atoms. The summed E-state index contributed by atoms with van der Waals surface area (Å²) in [5.41, 5.74) is 0.723. The molecule has 2 unspecified atom stereocenters. The highest BCUT2D eigenvalue weighted by atomic mass is 32.2. The fourth-order valence-corrected chi connectivity index (χ4v) is 5.84. The molecule has 1 heterocycles. The molecule has 8 nitrogen and oxygen atoms in total. The van der Waals surface area contributed by atoms with Crippen LogP contribution in [0.3, 0.4) is 0 Å². The molecule has 1 amide bonds. The molecule has 0 aliphatic carbocycles. The fourth-order valence-electron chi connectivity index (χ4n) is 3.37. The van der Waals surface area contributed by atoms with E-state index < -0.39 is 25.8 Å². The van der Waals surface area contributed by atoms with Crippen molar-refractivity contribution in [3.63, 3.8) is 0 Å². The topological polar surface area (TPSA) is 110 Å². The number of sulfone groups is 1. The largest absolute Gasteiger partial charge is 0.373 e. The lowest BCUT2D eigenvalue weighted by Gasteiger charge is -2.34. The average Bonchev–Trinajstić information content (AvgIpc) is 2.73. The van der Waals surface area contributed by atoms with E-state index in [-0.39, 0.29) is 40.8 Å². The molecule has 0 aromatic heterocycles. The second-order valence-corrected chi connectivity index (χ2v) is 11.7. The van der Waals surface area contributed by atoms with Crippen LogP contribution in [0.15, 0.2) is 58.3 Å². The lowest BCUT2D eigenvalue weighted by molar-refractivity contribution is -0.0440. The van der Waals surface area contributed by atoms with Crippen LogP contribution in [-0.2, 0) is 24.6 Å². The van der Waals surface area contributed by atoms with Gasteiger partial charge in [-0.1, -0.05) is 6.92 Å². The highest BCUT2D eigenvalue weighted by molar-refractivity contribution is 7.91. The summed E-state index contributed by atoms with van der Waals surface area (Å²) in [6.07, 6.45) is -0.369. The zero-order valence-electron chi connectivity index (χ0n) is 17.6. The van der Waals surface area contributed by atoms with E-state index in [0.29, 0.717) is 11.3 Å². The van der Waals surface area contributed by atoms with Crippen LogP contribution in [0.5, 0.6) is 0 Å². The lowest BCUT2D eigenvalue weighted by Crippen LogP contribution is -2.48. The first-order valence-electron chi connectivity index (χ1n) is 9.93. The van der Waals surface area contributed by atoms with Gasteiger partial charge >= 0.3 is 0 Å². The van der Waals surface area contributed by atoms with Gasteiger partial charge in [-0.15, -0.1) is 0 Å². The smallest absolute Gasteiger partial charge is 0.255 e. The van der Waals surface area contributed by atoms with Gasteiger partial charge in [0.2, 0.25) is 10.0 Å². The third-order valence-corrected chi connectivity index (χ3v) is 8.59. The van der Waals surface area contributed by atoms with Crippen molar-refractivity contribution in [3.8, 4) is 0 Å². The van der Waals surface area contributed by atoms with Gasteiger partial charge in [0, 0.05) is 24.3 Å². The minimum absolute atomic E-state index is 0.0178. The minimum Gasteiger partial charge on any atom is -0.373 e. The van der Waals surface area contributed by atoms with Crippen LogP contribution in [-0.4, -0.2) is 58.1 Å². The zero-order chi connectivity index (χ0) is 22.8. The predicted octanol–water partition coefficient (Wildman–Crippen LogP) is 2.53. The SMILES string of the molecule is CCS(=O)(=O)c1ccc(C(=O)Nc2ccc(S(=O)(=O)N3CC(C)OC(C)C3)cc2)cc1. The maximum Gasteiger partial charge on any atom is 0.255 e. The van der Waals surface area contributed by atoms with Crippen LogP contribution in [0.2, 0.25) is 0 Å². The van der Waals surface area contributed by atoms with E-state index in [2.05, 4.69) is 5.32 Å². The van der Waals surface area contributed by atoms with Crippen molar-refractivity contribution in [1.29, 1.82) is 0 Å². The molecule has 2 aromatic rings. The van der Waals surface area contributed by atoms with E-state index in [0.717, 1.165) is 0 Å². The number of morpholine rings is 1. The second-order valence-electron chi connectivity index (χ2n) is 7.49. The van der Waals surface area contributed by atoms with E-state index in [1.165, 1.54) is 52.8 Å². The van der Waals surface area contributed by atoms with Crippen LogP contribution >= 0.6 is 0 Å². The highest BCUT2D eigenvalue weighted by Gasteiger charge is 2.32. The number of hydrogen-bond donors (Lipinski definition) is 1. The minimum atomic E-state index is -3.66. The Labute approximate surface area is 183 Å². The monoisotopic (exact) mass is 466 g/mol. The molecule has 1 aliphatic heterocycles. The molecule has 0 bridgehead atoms. The van der Waals surface area contributed by atoms with Crippen molar-refractivity contribution in [2.45, 2.75) is 42.8 Å². The number of rotatable bonds is 6. The molecule has 0 radical (unpaired) electrons. The number of benzene rings is 2. The first-order chi connectivity index (χ1) is 14.5. The zero-order valence-corrected chi connectivity index (χ0v) is 19.2. The van der Waals surface area contributed by atoms with Crippen molar-refractivity contribution in [1.82, 2.24) is 4.31 Å². The lowest BCUT2D eigenvalue weighted by atomic mass is 10.2. The third-order valence-electron chi connectivity index (χ3n) is 4.99. The number of carbonyl (C=O) groups is 1. The number of sulfonamides is 1. The summed E-state index contributed by atoms with van der Waals surface area (Å²) in [5, 5.41) is 2.69. The van der Waals surface area contributed by atoms with Gasteiger partial charge in [-0.05, 0) is 62.4 Å². The molecule has 1 fully saturated rings. The molecule has 2 aromatic carbocycles. The quantitative estimate of drug-likeness (QED) is 0.701. The molecule has 1 N–H and O–H groups in total. The van der Waals surface area contributed by atoms with E-state index >= 15 is 0 Å². The molecule has 1 saturated heterocycles. The summed E-state index contributed by atoms with van der Waals surface area (Å²) in [6.45, 7) is 5.80. The van der Waals surface area contributed by atoms with Gasteiger partial charge in [0.25, 0.3) is 5.91 Å². The molecule has 0 saturated carbocycles. The van der Waals surface area contributed by atoms with Crippen molar-refractivity contribution < 1.29 is 26.4 Å². The second kappa shape index (κ2) is 9.07. The molecule has 3 rings (SSSR count). The number of amides is 1. The maximum atomic E-state index is 12.9.